The number of aryl methyl sites for hydroxylation is 2. The first-order chi connectivity index (χ1) is 13.0. The van der Waals surface area contributed by atoms with E-state index in [9.17, 15) is 9.59 Å². The zero-order valence-electron chi connectivity index (χ0n) is 15.9. The van der Waals surface area contributed by atoms with Crippen LogP contribution in [0.5, 0.6) is 0 Å². The molecule has 2 aromatic rings. The summed E-state index contributed by atoms with van der Waals surface area (Å²) < 4.78 is 6.55. The maximum atomic E-state index is 12.5. The number of para-hydroxylation sites is 2. The molecule has 0 aliphatic carbocycles. The molecule has 1 aromatic carbocycles. The van der Waals surface area contributed by atoms with Gasteiger partial charge in [-0.15, -0.1) is 0 Å². The number of nitrogens with one attached hydrogen (secondary N) is 2. The maximum absolute atomic E-state index is 12.5. The van der Waals surface area contributed by atoms with Gasteiger partial charge in [0.1, 0.15) is 0 Å². The second-order valence-corrected chi connectivity index (χ2v) is 6.69. The Labute approximate surface area is 158 Å². The van der Waals surface area contributed by atoms with Crippen molar-refractivity contribution in [2.75, 3.05) is 25.5 Å². The molecule has 144 valence electrons. The lowest BCUT2D eigenvalue weighted by molar-refractivity contribution is 0.110. The van der Waals surface area contributed by atoms with E-state index in [-0.39, 0.29) is 18.2 Å². The topological polar surface area (TPSA) is 88.5 Å². The minimum absolute atomic E-state index is 0.0201. The lowest BCUT2D eigenvalue weighted by Gasteiger charge is -2.31. The second-order valence-electron chi connectivity index (χ2n) is 6.69. The number of hydrogen-bond acceptors (Lipinski definition) is 4. The highest BCUT2D eigenvalue weighted by molar-refractivity contribution is 5.91. The number of carbonyl (C=O) groups excluding carboxylic acids is 2. The minimum atomic E-state index is -0.322. The monoisotopic (exact) mass is 371 g/mol. The summed E-state index contributed by atoms with van der Waals surface area (Å²) in [7, 11) is 1.38. The third kappa shape index (κ3) is 4.39. The van der Waals surface area contributed by atoms with E-state index in [4.69, 9.17) is 4.74 Å². The first-order valence-electron chi connectivity index (χ1n) is 9.01. The van der Waals surface area contributed by atoms with Crippen LogP contribution < -0.4 is 10.6 Å². The van der Waals surface area contributed by atoms with Gasteiger partial charge in [-0.25, -0.2) is 14.3 Å². The Morgan fingerprint density at radius 2 is 1.89 bits per heavy atom. The van der Waals surface area contributed by atoms with Crippen molar-refractivity contribution in [3.63, 3.8) is 0 Å². The SMILES string of the molecule is COC(=O)N1CCC(NC(=O)Nc2ccccc2-n2nc(C)cc2C)CC1. The Morgan fingerprint density at radius 3 is 2.52 bits per heavy atom. The summed E-state index contributed by atoms with van der Waals surface area (Å²) in [5, 5.41) is 10.4. The summed E-state index contributed by atoms with van der Waals surface area (Å²) in [5.41, 5.74) is 3.42. The van der Waals surface area contributed by atoms with Gasteiger partial charge in [-0.1, -0.05) is 12.1 Å². The summed E-state index contributed by atoms with van der Waals surface area (Å²) >= 11 is 0. The summed E-state index contributed by atoms with van der Waals surface area (Å²) in [6.45, 7) is 5.05. The third-order valence-corrected chi connectivity index (χ3v) is 4.65. The molecule has 0 unspecified atom stereocenters. The first-order valence-corrected chi connectivity index (χ1v) is 9.01. The second kappa shape index (κ2) is 8.11. The van der Waals surface area contributed by atoms with E-state index >= 15 is 0 Å². The molecule has 0 atom stereocenters. The Kier molecular flexibility index (Phi) is 5.63. The Morgan fingerprint density at radius 1 is 1.19 bits per heavy atom. The highest BCUT2D eigenvalue weighted by Crippen LogP contribution is 2.21. The first kappa shape index (κ1) is 18.8. The standard InChI is InChI=1S/C19H25N5O3/c1-13-12-14(2)24(22-13)17-7-5-4-6-16(17)21-18(25)20-15-8-10-23(11-9-15)19(26)27-3/h4-7,12,15H,8-11H2,1-3H3,(H2,20,21,25). The summed E-state index contributed by atoms with van der Waals surface area (Å²) in [6, 6.07) is 9.31. The number of benzene rings is 1. The zero-order chi connectivity index (χ0) is 19.4. The van der Waals surface area contributed by atoms with Gasteiger partial charge in [0.25, 0.3) is 0 Å². The number of likely N-dealkylation sites (tertiary alicyclic amines) is 1. The van der Waals surface area contributed by atoms with Crippen molar-refractivity contribution in [2.24, 2.45) is 0 Å². The van der Waals surface area contributed by atoms with Crippen molar-refractivity contribution in [3.8, 4) is 5.69 Å². The molecule has 3 rings (SSSR count). The van der Waals surface area contributed by atoms with Crippen molar-refractivity contribution in [2.45, 2.75) is 32.7 Å². The Hall–Kier alpha value is -3.03. The smallest absolute Gasteiger partial charge is 0.409 e. The normalized spacial score (nSPS) is 14.7. The van der Waals surface area contributed by atoms with Gasteiger partial charge in [0, 0.05) is 24.8 Å². The van der Waals surface area contributed by atoms with Gasteiger partial charge in [-0.3, -0.25) is 0 Å². The molecule has 0 spiro atoms. The molecule has 0 bridgehead atoms. The van der Waals surface area contributed by atoms with Gasteiger partial charge >= 0.3 is 12.1 Å². The quantitative estimate of drug-likeness (QED) is 0.868. The number of piperidine rings is 1. The van der Waals surface area contributed by atoms with Gasteiger partial charge < -0.3 is 20.3 Å². The van der Waals surface area contributed by atoms with E-state index in [1.807, 2.05) is 48.9 Å². The fraction of sp³-hybridized carbons (Fsp3) is 0.421. The van der Waals surface area contributed by atoms with Crippen LogP contribution in [0.1, 0.15) is 24.2 Å². The zero-order valence-corrected chi connectivity index (χ0v) is 15.9. The van der Waals surface area contributed by atoms with E-state index in [0.717, 1.165) is 17.1 Å². The van der Waals surface area contributed by atoms with E-state index in [1.165, 1.54) is 7.11 Å². The number of carbonyl (C=O) groups is 2. The molecule has 3 amide bonds. The largest absolute Gasteiger partial charge is 0.453 e. The molecule has 1 aliphatic heterocycles. The number of nitrogens with zero attached hydrogens (tertiary/aromatic N) is 3. The van der Waals surface area contributed by atoms with Crippen molar-refractivity contribution < 1.29 is 14.3 Å². The van der Waals surface area contributed by atoms with Crippen LogP contribution in [0.15, 0.2) is 30.3 Å². The van der Waals surface area contributed by atoms with Gasteiger partial charge in [0.05, 0.1) is 24.2 Å². The van der Waals surface area contributed by atoms with Crippen LogP contribution in [0.4, 0.5) is 15.3 Å². The molecule has 2 heterocycles. The molecule has 1 aromatic heterocycles. The van der Waals surface area contributed by atoms with Crippen LogP contribution in [0, 0.1) is 13.8 Å². The van der Waals surface area contributed by atoms with Gasteiger partial charge in [-0.05, 0) is 44.9 Å². The average Bonchev–Trinajstić information content (AvgIpc) is 3.00. The van der Waals surface area contributed by atoms with Crippen LogP contribution in [0.2, 0.25) is 0 Å². The van der Waals surface area contributed by atoms with Crippen molar-refractivity contribution in [1.82, 2.24) is 20.0 Å². The minimum Gasteiger partial charge on any atom is -0.453 e. The highest BCUT2D eigenvalue weighted by atomic mass is 16.5. The molecule has 2 N–H and O–H groups in total. The molecule has 27 heavy (non-hydrogen) atoms. The van der Waals surface area contributed by atoms with E-state index in [2.05, 4.69) is 15.7 Å². The van der Waals surface area contributed by atoms with Crippen LogP contribution >= 0.6 is 0 Å². The lowest BCUT2D eigenvalue weighted by Crippen LogP contribution is -2.47. The average molecular weight is 371 g/mol. The molecule has 0 saturated carbocycles. The number of anilines is 1. The predicted molar refractivity (Wildman–Crippen MR) is 102 cm³/mol. The number of urea groups is 1. The molecular formula is C19H25N5O3. The predicted octanol–water partition coefficient (Wildman–Crippen LogP) is 2.84. The number of ether oxygens (including phenoxy) is 1. The van der Waals surface area contributed by atoms with Gasteiger partial charge in [-0.2, -0.15) is 5.10 Å². The maximum Gasteiger partial charge on any atom is 0.409 e. The summed E-state index contributed by atoms with van der Waals surface area (Å²) in [4.78, 5) is 25.6. The van der Waals surface area contributed by atoms with Crippen LogP contribution in [0.25, 0.3) is 5.69 Å². The summed E-state index contributed by atoms with van der Waals surface area (Å²) in [6.07, 6.45) is 1.07. The van der Waals surface area contributed by atoms with Gasteiger partial charge in [0.2, 0.25) is 0 Å². The van der Waals surface area contributed by atoms with E-state index in [0.29, 0.717) is 31.6 Å². The fourth-order valence-electron chi connectivity index (χ4n) is 3.32. The van der Waals surface area contributed by atoms with Crippen LogP contribution in [-0.2, 0) is 4.74 Å². The number of hydrogen-bond donors (Lipinski definition) is 2. The summed E-state index contributed by atoms with van der Waals surface area (Å²) in [5.74, 6) is 0. The molecule has 8 heteroatoms. The Bertz CT molecular complexity index is 825. The fourth-order valence-corrected chi connectivity index (χ4v) is 3.32. The molecule has 1 fully saturated rings. The molecular weight excluding hydrogens is 346 g/mol. The van der Waals surface area contributed by atoms with Gasteiger partial charge in [0.15, 0.2) is 0 Å². The molecule has 8 nitrogen and oxygen atoms in total. The molecule has 1 saturated heterocycles. The number of amides is 3. The lowest BCUT2D eigenvalue weighted by atomic mass is 10.1. The molecule has 1 aliphatic rings. The van der Waals surface area contributed by atoms with Crippen molar-refractivity contribution in [3.05, 3.63) is 41.7 Å². The highest BCUT2D eigenvalue weighted by Gasteiger charge is 2.24. The third-order valence-electron chi connectivity index (χ3n) is 4.65. The number of rotatable bonds is 3. The van der Waals surface area contributed by atoms with E-state index in [1.54, 1.807) is 4.90 Å². The van der Waals surface area contributed by atoms with Crippen LogP contribution in [-0.4, -0.2) is 53.0 Å². The van der Waals surface area contributed by atoms with Crippen molar-refractivity contribution in [1.29, 1.82) is 0 Å². The molecule has 0 radical (unpaired) electrons. The van der Waals surface area contributed by atoms with Crippen molar-refractivity contribution >= 4 is 17.8 Å². The van der Waals surface area contributed by atoms with Crippen LogP contribution in [0.3, 0.4) is 0 Å². The number of methoxy groups -OCH3 is 1. The van der Waals surface area contributed by atoms with E-state index < -0.39 is 0 Å². The number of aromatic nitrogens is 2. The Balaban J connectivity index is 1.62.